The van der Waals surface area contributed by atoms with Crippen molar-refractivity contribution in [1.29, 1.82) is 4.78 Å². The van der Waals surface area contributed by atoms with Gasteiger partial charge in [0.05, 0.1) is 28.1 Å². The first kappa shape index (κ1) is 24.2. The van der Waals surface area contributed by atoms with Crippen LogP contribution in [0.2, 0.25) is 0 Å². The first-order valence-electron chi connectivity index (χ1n) is 10.8. The van der Waals surface area contributed by atoms with Gasteiger partial charge in [-0.1, -0.05) is 37.8 Å². The quantitative estimate of drug-likeness (QED) is 0.369. The third-order valence-electron chi connectivity index (χ3n) is 5.05. The number of anilines is 3. The lowest BCUT2D eigenvalue weighted by Gasteiger charge is -2.14. The zero-order valence-electron chi connectivity index (χ0n) is 19.1. The topological polar surface area (TPSA) is 111 Å². The zero-order chi connectivity index (χ0) is 23.8. The molecule has 1 heterocycles. The zero-order valence-corrected chi connectivity index (χ0v) is 19.9. The number of hydrogen-bond donors (Lipinski definition) is 4. The predicted octanol–water partition coefficient (Wildman–Crippen LogP) is 4.40. The van der Waals surface area contributed by atoms with Crippen LogP contribution in [0, 0.1) is 16.6 Å². The molecule has 3 aromatic rings. The van der Waals surface area contributed by atoms with E-state index in [1.54, 1.807) is 37.4 Å². The molecular weight excluding hydrogens is 434 g/mol. The first-order valence-corrected chi connectivity index (χ1v) is 12.6. The molecule has 0 aliphatic carbocycles. The smallest absolute Gasteiger partial charge is 0.229 e. The first-order chi connectivity index (χ1) is 15.8. The minimum atomic E-state index is -2.76. The summed E-state index contributed by atoms with van der Waals surface area (Å²) in [5.41, 5.74) is 3.48. The third kappa shape index (κ3) is 6.54. The highest BCUT2D eigenvalue weighted by Crippen LogP contribution is 2.20. The van der Waals surface area contributed by atoms with Gasteiger partial charge in [-0.2, -0.15) is 4.98 Å². The van der Waals surface area contributed by atoms with E-state index in [0.29, 0.717) is 27.9 Å². The second-order valence-electron chi connectivity index (χ2n) is 7.60. The molecule has 4 N–H and O–H groups in total. The Hall–Kier alpha value is -3.41. The minimum Gasteiger partial charge on any atom is -0.394 e. The molecule has 8 heteroatoms. The molecule has 0 amide bonds. The number of aromatic nitrogens is 2. The van der Waals surface area contributed by atoms with Crippen molar-refractivity contribution < 1.29 is 9.32 Å². The van der Waals surface area contributed by atoms with Crippen LogP contribution in [0.3, 0.4) is 0 Å². The Morgan fingerprint density at radius 3 is 2.39 bits per heavy atom. The van der Waals surface area contributed by atoms with Crippen molar-refractivity contribution in [3.63, 3.8) is 0 Å². The summed E-state index contributed by atoms with van der Waals surface area (Å²) in [4.78, 5) is 9.41. The molecular formula is C25H29N5O2S. The molecule has 0 saturated carbocycles. The molecule has 1 aromatic heterocycles. The number of nitrogens with one attached hydrogen (secondary N) is 3. The Morgan fingerprint density at radius 2 is 1.79 bits per heavy atom. The predicted molar refractivity (Wildman–Crippen MR) is 133 cm³/mol. The molecule has 33 heavy (non-hydrogen) atoms. The largest absolute Gasteiger partial charge is 0.394 e. The maximum Gasteiger partial charge on any atom is 0.229 e. The van der Waals surface area contributed by atoms with E-state index >= 15 is 0 Å². The van der Waals surface area contributed by atoms with Crippen molar-refractivity contribution in [1.82, 2.24) is 9.97 Å². The summed E-state index contributed by atoms with van der Waals surface area (Å²) in [7, 11) is -2.76. The second-order valence-corrected chi connectivity index (χ2v) is 10.00. The fourth-order valence-corrected chi connectivity index (χ4v) is 3.85. The number of benzene rings is 2. The summed E-state index contributed by atoms with van der Waals surface area (Å²) in [5.74, 6) is 7.40. The van der Waals surface area contributed by atoms with E-state index in [-0.39, 0.29) is 18.4 Å². The van der Waals surface area contributed by atoms with Crippen molar-refractivity contribution in [3.8, 4) is 11.8 Å². The monoisotopic (exact) mass is 463 g/mol. The van der Waals surface area contributed by atoms with Gasteiger partial charge in [-0.05, 0) is 55.3 Å². The average molecular weight is 464 g/mol. The van der Waals surface area contributed by atoms with E-state index in [4.69, 9.17) is 4.78 Å². The molecule has 172 valence electrons. The lowest BCUT2D eigenvalue weighted by molar-refractivity contribution is 0.281. The molecule has 0 spiro atoms. The highest BCUT2D eigenvalue weighted by atomic mass is 32.2. The normalized spacial score (nSPS) is 13.3. The molecule has 0 saturated heterocycles. The summed E-state index contributed by atoms with van der Waals surface area (Å²) in [6.45, 7) is 5.65. The average Bonchev–Trinajstić information content (AvgIpc) is 2.84. The van der Waals surface area contributed by atoms with E-state index in [0.717, 1.165) is 12.0 Å². The summed E-state index contributed by atoms with van der Waals surface area (Å²) < 4.78 is 20.1. The van der Waals surface area contributed by atoms with Crippen LogP contribution in [0.15, 0.2) is 59.6 Å². The molecule has 2 aromatic carbocycles. The molecule has 0 radical (unpaired) electrons. The van der Waals surface area contributed by atoms with Crippen LogP contribution < -0.4 is 10.6 Å². The van der Waals surface area contributed by atoms with Gasteiger partial charge in [0.1, 0.15) is 5.82 Å². The van der Waals surface area contributed by atoms with E-state index < -0.39 is 9.73 Å². The van der Waals surface area contributed by atoms with Crippen molar-refractivity contribution >= 4 is 27.2 Å². The minimum absolute atomic E-state index is 0.0522. The molecule has 0 aliphatic heterocycles. The van der Waals surface area contributed by atoms with E-state index in [2.05, 4.69) is 51.5 Å². The fraction of sp³-hybridized carbons (Fsp3) is 0.280. The van der Waals surface area contributed by atoms with Gasteiger partial charge < -0.3 is 15.7 Å². The van der Waals surface area contributed by atoms with Gasteiger partial charge in [-0.25, -0.2) is 14.0 Å². The highest BCUT2D eigenvalue weighted by Gasteiger charge is 2.10. The molecule has 0 fully saturated rings. The van der Waals surface area contributed by atoms with Gasteiger partial charge in [0.2, 0.25) is 5.95 Å². The Balaban J connectivity index is 1.86. The Morgan fingerprint density at radius 1 is 1.09 bits per heavy atom. The van der Waals surface area contributed by atoms with Gasteiger partial charge in [0, 0.05) is 27.9 Å². The van der Waals surface area contributed by atoms with Crippen LogP contribution in [0.5, 0.6) is 0 Å². The summed E-state index contributed by atoms with van der Waals surface area (Å²) in [5, 5.41) is 15.8. The van der Waals surface area contributed by atoms with Gasteiger partial charge >= 0.3 is 0 Å². The molecule has 3 rings (SSSR count). The molecule has 7 nitrogen and oxygen atoms in total. The number of rotatable bonds is 8. The van der Waals surface area contributed by atoms with Crippen LogP contribution >= 0.6 is 0 Å². The van der Waals surface area contributed by atoms with Crippen LogP contribution in [-0.4, -0.2) is 37.7 Å². The lowest BCUT2D eigenvalue weighted by Crippen LogP contribution is -2.21. The summed E-state index contributed by atoms with van der Waals surface area (Å²) >= 11 is 0. The van der Waals surface area contributed by atoms with Crippen molar-refractivity contribution in [3.05, 3.63) is 71.4 Å². The number of hydrogen-bond acceptors (Lipinski definition) is 7. The molecule has 0 bridgehead atoms. The van der Waals surface area contributed by atoms with Crippen LogP contribution in [0.4, 0.5) is 17.5 Å². The lowest BCUT2D eigenvalue weighted by atomic mass is 10.1. The molecule has 2 atom stereocenters. The molecule has 1 unspecified atom stereocenters. The maximum atomic E-state index is 12.2. The van der Waals surface area contributed by atoms with Crippen molar-refractivity contribution in [2.75, 3.05) is 23.0 Å². The molecule has 0 aliphatic rings. The highest BCUT2D eigenvalue weighted by molar-refractivity contribution is 7.92. The Kier molecular flexibility index (Phi) is 8.04. The fourth-order valence-electron chi connectivity index (χ4n) is 2.94. The standard InChI is InChI=1S/C25H29N5O2S/c1-4-19-6-8-20(9-7-19)10-11-21-16-27-25(30-24(21)28-18(3)17-31)29-22-12-14-23(15-13-22)33(26,32)5-2/h6-9,12-16,18,26,31H,4-5,17H2,1-3H3,(H2,27,28,29,30)/t18-,33?/m1/s1. The van der Waals surface area contributed by atoms with Crippen molar-refractivity contribution in [2.45, 2.75) is 38.1 Å². The maximum absolute atomic E-state index is 12.2. The third-order valence-corrected chi connectivity index (χ3v) is 6.89. The van der Waals surface area contributed by atoms with Gasteiger partial charge in [-0.3, -0.25) is 0 Å². The summed E-state index contributed by atoms with van der Waals surface area (Å²) in [6, 6.07) is 14.7. The number of aliphatic hydroxyl groups is 1. The second kappa shape index (κ2) is 10.9. The Bertz CT molecular complexity index is 1240. The van der Waals surface area contributed by atoms with E-state index in [1.807, 2.05) is 19.1 Å². The number of aliphatic hydroxyl groups excluding tert-OH is 1. The number of nitrogens with zero attached hydrogens (tertiary/aromatic N) is 2. The summed E-state index contributed by atoms with van der Waals surface area (Å²) in [6.07, 6.45) is 2.61. The van der Waals surface area contributed by atoms with Crippen molar-refractivity contribution in [2.24, 2.45) is 0 Å². The Labute approximate surface area is 195 Å². The SMILES string of the molecule is CCc1ccc(C#Cc2cnc(Nc3ccc(S(=N)(=O)CC)cc3)nc2N[C@H](C)CO)cc1. The van der Waals surface area contributed by atoms with Crippen LogP contribution in [-0.2, 0) is 16.1 Å². The number of aryl methyl sites for hydroxylation is 1. The van der Waals surface area contributed by atoms with Gasteiger partial charge in [0.25, 0.3) is 0 Å². The van der Waals surface area contributed by atoms with Crippen LogP contribution in [0.25, 0.3) is 0 Å². The van der Waals surface area contributed by atoms with Gasteiger partial charge in [0.15, 0.2) is 0 Å². The van der Waals surface area contributed by atoms with Gasteiger partial charge in [-0.15, -0.1) is 0 Å². The van der Waals surface area contributed by atoms with E-state index in [9.17, 15) is 9.32 Å². The van der Waals surface area contributed by atoms with Crippen LogP contribution in [0.1, 0.15) is 37.5 Å². The van der Waals surface area contributed by atoms with E-state index in [1.165, 1.54) is 5.56 Å².